The zero-order valence-corrected chi connectivity index (χ0v) is 14.1. The van der Waals surface area contributed by atoms with Crippen LogP contribution in [0.3, 0.4) is 0 Å². The van der Waals surface area contributed by atoms with E-state index in [0.717, 1.165) is 27.1 Å². The highest BCUT2D eigenvalue weighted by Crippen LogP contribution is 2.35. The van der Waals surface area contributed by atoms with Crippen LogP contribution < -0.4 is 10.1 Å². The van der Waals surface area contributed by atoms with Crippen LogP contribution in [0.15, 0.2) is 52.4 Å². The van der Waals surface area contributed by atoms with Crippen molar-refractivity contribution in [2.75, 3.05) is 12.4 Å². The van der Waals surface area contributed by atoms with E-state index in [4.69, 9.17) is 9.72 Å². The van der Waals surface area contributed by atoms with Crippen molar-refractivity contribution in [1.29, 1.82) is 0 Å². The van der Waals surface area contributed by atoms with Gasteiger partial charge < -0.3 is 10.1 Å². The Morgan fingerprint density at radius 1 is 1.09 bits per heavy atom. The van der Waals surface area contributed by atoms with Crippen LogP contribution in [0, 0.1) is 0 Å². The Balaban J connectivity index is 1.86. The van der Waals surface area contributed by atoms with Gasteiger partial charge in [-0.2, -0.15) is 0 Å². The lowest BCUT2D eigenvalue weighted by Crippen LogP contribution is -2.31. The Bertz CT molecular complexity index is 720. The van der Waals surface area contributed by atoms with Gasteiger partial charge in [0, 0.05) is 4.90 Å². The van der Waals surface area contributed by atoms with Crippen LogP contribution in [0.5, 0.6) is 5.75 Å². The molecule has 0 saturated carbocycles. The third kappa shape index (κ3) is 3.12. The van der Waals surface area contributed by atoms with E-state index >= 15 is 0 Å². The van der Waals surface area contributed by atoms with E-state index in [-0.39, 0.29) is 5.54 Å². The standard InChI is InChI=1S/C18H20N2OS/c1-12-11-18(2,3)20-15-9-10-16(19-17(12)15)22-14-7-5-13(21-4)6-8-14/h5-11,20H,1-4H3. The lowest BCUT2D eigenvalue weighted by Gasteiger charge is -2.30. The highest BCUT2D eigenvalue weighted by molar-refractivity contribution is 7.99. The fraction of sp³-hybridized carbons (Fsp3) is 0.278. The van der Waals surface area contributed by atoms with Gasteiger partial charge in [-0.25, -0.2) is 4.98 Å². The minimum absolute atomic E-state index is 0.0244. The molecule has 0 amide bonds. The Morgan fingerprint density at radius 2 is 1.82 bits per heavy atom. The third-order valence-electron chi connectivity index (χ3n) is 3.56. The van der Waals surface area contributed by atoms with Gasteiger partial charge in [-0.05, 0) is 62.7 Å². The van der Waals surface area contributed by atoms with E-state index < -0.39 is 0 Å². The SMILES string of the molecule is COc1ccc(Sc2ccc3c(n2)C(C)=CC(C)(C)N3)cc1. The molecule has 22 heavy (non-hydrogen) atoms. The molecular weight excluding hydrogens is 292 g/mol. The molecule has 0 saturated heterocycles. The van der Waals surface area contributed by atoms with E-state index in [9.17, 15) is 0 Å². The summed E-state index contributed by atoms with van der Waals surface area (Å²) in [6.45, 7) is 6.45. The second kappa shape index (κ2) is 5.69. The topological polar surface area (TPSA) is 34.1 Å². The summed E-state index contributed by atoms with van der Waals surface area (Å²) in [6, 6.07) is 12.2. The Labute approximate surface area is 135 Å². The summed E-state index contributed by atoms with van der Waals surface area (Å²) in [6.07, 6.45) is 2.23. The lowest BCUT2D eigenvalue weighted by atomic mass is 9.94. The molecule has 1 aliphatic rings. The van der Waals surface area contributed by atoms with Crippen LogP contribution in [-0.4, -0.2) is 17.6 Å². The molecule has 2 heterocycles. The normalized spacial score (nSPS) is 15.5. The highest BCUT2D eigenvalue weighted by Gasteiger charge is 2.23. The molecule has 0 radical (unpaired) electrons. The molecule has 4 heteroatoms. The molecule has 1 aromatic heterocycles. The van der Waals surface area contributed by atoms with Crippen LogP contribution >= 0.6 is 11.8 Å². The molecule has 2 aromatic rings. The first-order chi connectivity index (χ1) is 10.5. The van der Waals surface area contributed by atoms with Crippen LogP contribution in [0.4, 0.5) is 5.69 Å². The Hall–Kier alpha value is -1.94. The fourth-order valence-electron chi connectivity index (χ4n) is 2.66. The molecule has 1 aromatic carbocycles. The maximum Gasteiger partial charge on any atom is 0.118 e. The van der Waals surface area contributed by atoms with Crippen LogP contribution in [-0.2, 0) is 0 Å². The van der Waals surface area contributed by atoms with Gasteiger partial charge in [0.25, 0.3) is 0 Å². The lowest BCUT2D eigenvalue weighted by molar-refractivity contribution is 0.414. The van der Waals surface area contributed by atoms with Crippen molar-refractivity contribution < 1.29 is 4.74 Å². The van der Waals surface area contributed by atoms with Gasteiger partial charge in [0.05, 0.1) is 24.0 Å². The number of nitrogens with zero attached hydrogens (tertiary/aromatic N) is 1. The fourth-order valence-corrected chi connectivity index (χ4v) is 3.44. The van der Waals surface area contributed by atoms with E-state index in [1.807, 2.05) is 12.1 Å². The molecule has 0 atom stereocenters. The first-order valence-electron chi connectivity index (χ1n) is 7.28. The second-order valence-corrected chi connectivity index (χ2v) is 7.09. The molecule has 0 spiro atoms. The summed E-state index contributed by atoms with van der Waals surface area (Å²) in [5, 5.41) is 4.51. The second-order valence-electron chi connectivity index (χ2n) is 6.00. The molecule has 0 bridgehead atoms. The summed E-state index contributed by atoms with van der Waals surface area (Å²) >= 11 is 1.66. The van der Waals surface area contributed by atoms with Gasteiger partial charge in [-0.3, -0.25) is 0 Å². The highest BCUT2D eigenvalue weighted by atomic mass is 32.2. The third-order valence-corrected chi connectivity index (χ3v) is 4.50. The van der Waals surface area contributed by atoms with Crippen molar-refractivity contribution >= 4 is 23.0 Å². The predicted molar refractivity (Wildman–Crippen MR) is 92.7 cm³/mol. The summed E-state index contributed by atoms with van der Waals surface area (Å²) in [5.74, 6) is 0.868. The van der Waals surface area contributed by atoms with Crippen molar-refractivity contribution in [3.8, 4) is 5.75 Å². The van der Waals surface area contributed by atoms with Gasteiger partial charge in [-0.15, -0.1) is 0 Å². The molecule has 1 N–H and O–H groups in total. The molecule has 0 fully saturated rings. The van der Waals surface area contributed by atoms with Crippen LogP contribution in [0.2, 0.25) is 0 Å². The number of pyridine rings is 1. The van der Waals surface area contributed by atoms with E-state index in [1.165, 1.54) is 5.57 Å². The van der Waals surface area contributed by atoms with E-state index in [2.05, 4.69) is 56.4 Å². The number of methoxy groups -OCH3 is 1. The van der Waals surface area contributed by atoms with Crippen molar-refractivity contribution in [2.24, 2.45) is 0 Å². The number of allylic oxidation sites excluding steroid dienone is 1. The quantitative estimate of drug-likeness (QED) is 0.878. The zero-order chi connectivity index (χ0) is 15.7. The average Bonchev–Trinajstić information content (AvgIpc) is 2.48. The summed E-state index contributed by atoms with van der Waals surface area (Å²) in [7, 11) is 1.68. The largest absolute Gasteiger partial charge is 0.497 e. The Kier molecular flexibility index (Phi) is 3.87. The van der Waals surface area contributed by atoms with E-state index in [1.54, 1.807) is 18.9 Å². The van der Waals surface area contributed by atoms with Crippen molar-refractivity contribution in [3.63, 3.8) is 0 Å². The smallest absolute Gasteiger partial charge is 0.118 e. The minimum Gasteiger partial charge on any atom is -0.497 e. The summed E-state index contributed by atoms with van der Waals surface area (Å²) < 4.78 is 5.19. The number of nitrogens with one attached hydrogen (secondary N) is 1. The van der Waals surface area contributed by atoms with Gasteiger partial charge in [-0.1, -0.05) is 17.8 Å². The van der Waals surface area contributed by atoms with Crippen molar-refractivity contribution in [2.45, 2.75) is 36.2 Å². The number of hydrogen-bond donors (Lipinski definition) is 1. The number of rotatable bonds is 3. The van der Waals surface area contributed by atoms with Gasteiger partial charge in [0.1, 0.15) is 10.8 Å². The van der Waals surface area contributed by atoms with Crippen molar-refractivity contribution in [1.82, 2.24) is 4.98 Å². The van der Waals surface area contributed by atoms with Crippen LogP contribution in [0.25, 0.3) is 5.57 Å². The molecule has 3 nitrogen and oxygen atoms in total. The van der Waals surface area contributed by atoms with Crippen LogP contribution in [0.1, 0.15) is 26.5 Å². The number of aromatic nitrogens is 1. The summed E-state index contributed by atoms with van der Waals surface area (Å²) in [4.78, 5) is 5.95. The van der Waals surface area contributed by atoms with Gasteiger partial charge >= 0.3 is 0 Å². The number of fused-ring (bicyclic) bond motifs is 1. The first-order valence-corrected chi connectivity index (χ1v) is 8.09. The first kappa shape index (κ1) is 15.0. The predicted octanol–water partition coefficient (Wildman–Crippen LogP) is 4.85. The van der Waals surface area contributed by atoms with Crippen molar-refractivity contribution in [3.05, 3.63) is 48.2 Å². The number of benzene rings is 1. The van der Waals surface area contributed by atoms with E-state index in [0.29, 0.717) is 0 Å². The summed E-state index contributed by atoms with van der Waals surface area (Å²) in [5.41, 5.74) is 3.33. The average molecular weight is 312 g/mol. The molecule has 114 valence electrons. The van der Waals surface area contributed by atoms with Gasteiger partial charge in [0.2, 0.25) is 0 Å². The number of anilines is 1. The molecule has 0 aliphatic carbocycles. The monoisotopic (exact) mass is 312 g/mol. The number of hydrogen-bond acceptors (Lipinski definition) is 4. The molecule has 0 unspecified atom stereocenters. The maximum atomic E-state index is 5.19. The Morgan fingerprint density at radius 3 is 2.50 bits per heavy atom. The van der Waals surface area contributed by atoms with Gasteiger partial charge in [0.15, 0.2) is 0 Å². The molecular formula is C18H20N2OS. The number of ether oxygens (including phenoxy) is 1. The maximum absolute atomic E-state index is 5.19. The minimum atomic E-state index is -0.0244. The zero-order valence-electron chi connectivity index (χ0n) is 13.3. The molecule has 1 aliphatic heterocycles. The molecule has 3 rings (SSSR count).